The van der Waals surface area contributed by atoms with Crippen molar-refractivity contribution in [2.24, 2.45) is 0 Å². The minimum atomic E-state index is -5.17. The second-order valence-corrected chi connectivity index (χ2v) is 4.93. The number of rotatable bonds is 0. The molecule has 4 N–H and O–H groups in total. The quantitative estimate of drug-likeness (QED) is 0.135. The van der Waals surface area contributed by atoms with Gasteiger partial charge in [-0.05, 0) is 0 Å². The summed E-state index contributed by atoms with van der Waals surface area (Å²) < 4.78 is 34.1. The molecule has 0 spiro atoms. The van der Waals surface area contributed by atoms with Crippen LogP contribution < -0.4 is 11.1 Å². The van der Waals surface area contributed by atoms with Crippen LogP contribution >= 0.6 is 0 Å². The fourth-order valence-corrected chi connectivity index (χ4v) is 1.56. The molecule has 132 valence electrons. The van der Waals surface area contributed by atoms with Crippen LogP contribution in [0.2, 0.25) is 0 Å². The summed E-state index contributed by atoms with van der Waals surface area (Å²) in [6.45, 7) is 0. The zero-order chi connectivity index (χ0) is 18.4. The molecule has 0 saturated heterocycles. The second-order valence-electron chi connectivity index (χ2n) is 4.12. The van der Waals surface area contributed by atoms with Gasteiger partial charge < -0.3 is 19.1 Å². The van der Waals surface area contributed by atoms with Crippen molar-refractivity contribution in [3.63, 3.8) is 0 Å². The van der Waals surface area contributed by atoms with Gasteiger partial charge >= 0.3 is 19.5 Å². The first-order chi connectivity index (χ1) is 11.8. The SMILES string of the molecule is O=S(=O)([O-])[O-].O=c1[nH]cnc2n[nH]cc12.O=c1[nH]cnc2n[nH]cc12.[Zn+2]. The van der Waals surface area contributed by atoms with Gasteiger partial charge in [0.15, 0.2) is 11.3 Å². The van der Waals surface area contributed by atoms with Gasteiger partial charge in [0.25, 0.3) is 11.1 Å². The van der Waals surface area contributed by atoms with E-state index >= 15 is 0 Å². The Labute approximate surface area is 155 Å². The van der Waals surface area contributed by atoms with Crippen molar-refractivity contribution in [1.82, 2.24) is 40.3 Å². The summed E-state index contributed by atoms with van der Waals surface area (Å²) in [4.78, 5) is 34.2. The fraction of sp³-hybridized carbons (Fsp3) is 0. The third-order valence-corrected chi connectivity index (χ3v) is 2.49. The van der Waals surface area contributed by atoms with Crippen LogP contribution in [-0.2, 0) is 29.9 Å². The van der Waals surface area contributed by atoms with Crippen molar-refractivity contribution in [2.45, 2.75) is 0 Å². The number of nitrogens with zero attached hydrogens (tertiary/aromatic N) is 4. The molecule has 4 aromatic rings. The third kappa shape index (κ3) is 6.25. The smallest absolute Gasteiger partial charge is 0.759 e. The maximum atomic E-state index is 10.9. The topological polar surface area (TPSA) is 229 Å². The molecular weight excluding hydrogens is 426 g/mol. The Morgan fingerprint density at radius 1 is 0.808 bits per heavy atom. The molecule has 0 aliphatic carbocycles. The van der Waals surface area contributed by atoms with Gasteiger partial charge in [0.05, 0.1) is 12.7 Å². The Hall–Kier alpha value is -2.81. The van der Waals surface area contributed by atoms with Gasteiger partial charge in [-0.2, -0.15) is 10.2 Å². The average Bonchev–Trinajstić information content (AvgIpc) is 3.16. The van der Waals surface area contributed by atoms with Crippen molar-refractivity contribution >= 4 is 32.5 Å². The first-order valence-corrected chi connectivity index (χ1v) is 7.50. The van der Waals surface area contributed by atoms with Crippen LogP contribution in [0.25, 0.3) is 22.1 Å². The number of aromatic nitrogens is 8. The first kappa shape index (κ1) is 21.2. The van der Waals surface area contributed by atoms with Crippen molar-refractivity contribution in [3.05, 3.63) is 45.8 Å². The van der Waals surface area contributed by atoms with E-state index in [9.17, 15) is 9.59 Å². The number of H-pyrrole nitrogens is 4. The number of fused-ring (bicyclic) bond motifs is 2. The molecule has 14 nitrogen and oxygen atoms in total. The predicted octanol–water partition coefficient (Wildman–Crippen LogP) is -2.05. The third-order valence-electron chi connectivity index (χ3n) is 2.49. The standard InChI is InChI=1S/2C5H4N4O.H2O4S.Zn/c2*10-5-3-1-8-9-4(3)6-2-7-5;1-5(2,3)4;/h2*1-2H,(H2,6,7,8,9,10);(H2,1,2,3,4);/q;;;+2/p-2. The maximum Gasteiger partial charge on any atom is 2.00 e. The molecule has 0 amide bonds. The largest absolute Gasteiger partial charge is 2.00 e. The Morgan fingerprint density at radius 3 is 1.46 bits per heavy atom. The molecule has 0 aliphatic heterocycles. The van der Waals surface area contributed by atoms with Crippen LogP contribution in [0.3, 0.4) is 0 Å². The predicted molar refractivity (Wildman–Crippen MR) is 79.5 cm³/mol. The summed E-state index contributed by atoms with van der Waals surface area (Å²) in [6, 6.07) is 0. The Balaban J connectivity index is 0.000000204. The van der Waals surface area contributed by atoms with E-state index in [0.717, 1.165) is 0 Å². The Kier molecular flexibility index (Phi) is 7.39. The molecule has 0 radical (unpaired) electrons. The van der Waals surface area contributed by atoms with E-state index in [1.54, 1.807) is 0 Å². The second kappa shape index (κ2) is 9.05. The summed E-state index contributed by atoms with van der Waals surface area (Å²) in [5.41, 5.74) is 0.560. The monoisotopic (exact) mass is 432 g/mol. The minimum Gasteiger partial charge on any atom is -0.759 e. The van der Waals surface area contributed by atoms with Crippen molar-refractivity contribution in [1.29, 1.82) is 0 Å². The molecule has 16 heteroatoms. The van der Waals surface area contributed by atoms with E-state index in [2.05, 4.69) is 40.3 Å². The number of hydrogen-bond acceptors (Lipinski definition) is 10. The maximum absolute atomic E-state index is 10.9. The normalized spacial score (nSPS) is 10.2. The van der Waals surface area contributed by atoms with E-state index in [1.165, 1.54) is 25.0 Å². The molecule has 4 rings (SSSR count). The van der Waals surface area contributed by atoms with E-state index in [1.807, 2.05) is 0 Å². The molecule has 4 aromatic heterocycles. The van der Waals surface area contributed by atoms with Crippen molar-refractivity contribution in [2.75, 3.05) is 0 Å². The van der Waals surface area contributed by atoms with Gasteiger partial charge in [-0.15, -0.1) is 0 Å². The molecule has 0 atom stereocenters. The van der Waals surface area contributed by atoms with Crippen LogP contribution in [-0.4, -0.2) is 57.9 Å². The van der Waals surface area contributed by atoms with Crippen molar-refractivity contribution in [3.8, 4) is 0 Å². The molecule has 0 aliphatic rings. The average molecular weight is 434 g/mol. The first-order valence-electron chi connectivity index (χ1n) is 6.17. The van der Waals surface area contributed by atoms with Gasteiger partial charge in [-0.3, -0.25) is 28.2 Å². The number of aromatic amines is 4. The minimum absolute atomic E-state index is 0. The van der Waals surface area contributed by atoms with Crippen molar-refractivity contribution < 1.29 is 37.0 Å². The molecule has 0 unspecified atom stereocenters. The van der Waals surface area contributed by atoms with Gasteiger partial charge in [-0.25, -0.2) is 9.97 Å². The van der Waals surface area contributed by atoms with Crippen LogP contribution in [0.4, 0.5) is 0 Å². The Morgan fingerprint density at radius 2 is 1.15 bits per heavy atom. The fourth-order valence-electron chi connectivity index (χ4n) is 1.56. The van der Waals surface area contributed by atoms with E-state index in [4.69, 9.17) is 17.5 Å². The molecule has 0 bridgehead atoms. The number of hydrogen-bond donors (Lipinski definition) is 4. The summed E-state index contributed by atoms with van der Waals surface area (Å²) in [6.07, 6.45) is 5.68. The molecule has 0 fully saturated rings. The summed E-state index contributed by atoms with van der Waals surface area (Å²) in [7, 11) is -5.17. The summed E-state index contributed by atoms with van der Waals surface area (Å²) in [5, 5.41) is 13.5. The Bertz CT molecular complexity index is 1110. The van der Waals surface area contributed by atoms with Gasteiger partial charge in [-0.1, -0.05) is 0 Å². The van der Waals surface area contributed by atoms with Crippen LogP contribution in [0.1, 0.15) is 0 Å². The number of nitrogens with one attached hydrogen (secondary N) is 4. The molecule has 0 aromatic carbocycles. The summed E-state index contributed by atoms with van der Waals surface area (Å²) in [5.74, 6) is 0. The van der Waals surface area contributed by atoms with Gasteiger partial charge in [0.1, 0.15) is 10.8 Å². The van der Waals surface area contributed by atoms with Crippen LogP contribution in [0.5, 0.6) is 0 Å². The zero-order valence-corrected chi connectivity index (χ0v) is 16.4. The zero-order valence-electron chi connectivity index (χ0n) is 12.7. The van der Waals surface area contributed by atoms with Crippen LogP contribution in [0, 0.1) is 0 Å². The van der Waals surface area contributed by atoms with E-state index in [0.29, 0.717) is 22.1 Å². The molecule has 4 heterocycles. The molecule has 26 heavy (non-hydrogen) atoms. The molecule has 0 saturated carbocycles. The van der Waals surface area contributed by atoms with E-state index < -0.39 is 10.4 Å². The van der Waals surface area contributed by atoms with Gasteiger partial charge in [0.2, 0.25) is 0 Å². The van der Waals surface area contributed by atoms with Crippen LogP contribution in [0.15, 0.2) is 34.6 Å². The molecular formula is C10H8N8O6SZn. The summed E-state index contributed by atoms with van der Waals surface area (Å²) >= 11 is 0. The van der Waals surface area contributed by atoms with Gasteiger partial charge in [0, 0.05) is 22.8 Å². The van der Waals surface area contributed by atoms with E-state index in [-0.39, 0.29) is 30.6 Å².